The summed E-state index contributed by atoms with van der Waals surface area (Å²) >= 11 is 0. The zero-order valence-corrected chi connectivity index (χ0v) is 15.3. The van der Waals surface area contributed by atoms with Crippen LogP contribution in [0.25, 0.3) is 21.3 Å². The average Bonchev–Trinajstić information content (AvgIpc) is 2.62. The number of nitrogens with one attached hydrogen (secondary N) is 1. The van der Waals surface area contributed by atoms with Gasteiger partial charge in [0.25, 0.3) is 0 Å². The lowest BCUT2D eigenvalue weighted by atomic mass is 9.86. The maximum Gasteiger partial charge on any atom is 0.137 e. The molecule has 1 heterocycles. The normalized spacial score (nSPS) is 11.2. The summed E-state index contributed by atoms with van der Waals surface area (Å²) in [5, 5.41) is 7.86. The summed E-state index contributed by atoms with van der Waals surface area (Å²) in [4.78, 5) is 11.4. The predicted molar refractivity (Wildman–Crippen MR) is 106 cm³/mol. The molecule has 1 aromatic heterocycles. The van der Waals surface area contributed by atoms with E-state index in [0.717, 1.165) is 29.7 Å². The largest absolute Gasteiger partial charge is 0.369 e. The Hall–Kier alpha value is -3.11. The molecule has 2 aromatic carbocycles. The van der Waals surface area contributed by atoms with Crippen molar-refractivity contribution in [2.75, 3.05) is 11.9 Å². The summed E-state index contributed by atoms with van der Waals surface area (Å²) in [7, 11) is 0. The third-order valence-electron chi connectivity index (χ3n) is 4.31. The average molecular weight is 346 g/mol. The van der Waals surface area contributed by atoms with E-state index in [2.05, 4.69) is 70.3 Å². The quantitative estimate of drug-likeness (QED) is 0.374. The Morgan fingerprint density at radius 3 is 2.54 bits per heavy atom. The van der Waals surface area contributed by atoms with Crippen LogP contribution in [-0.2, 0) is 11.8 Å². The van der Waals surface area contributed by atoms with Gasteiger partial charge >= 0.3 is 0 Å². The molecule has 3 rings (SSSR count). The fourth-order valence-corrected chi connectivity index (χ4v) is 2.80. The fourth-order valence-electron chi connectivity index (χ4n) is 2.80. The maximum absolute atomic E-state index is 8.61. The van der Waals surface area contributed by atoms with Crippen molar-refractivity contribution >= 4 is 22.4 Å². The van der Waals surface area contributed by atoms with Crippen LogP contribution in [0.5, 0.6) is 0 Å². The fraction of sp³-hybridized carbons (Fsp3) is 0.300. The molecule has 132 valence electrons. The van der Waals surface area contributed by atoms with Crippen molar-refractivity contribution in [1.29, 1.82) is 0 Å². The number of benzene rings is 2. The van der Waals surface area contributed by atoms with Crippen molar-refractivity contribution in [3.8, 4) is 0 Å². The summed E-state index contributed by atoms with van der Waals surface area (Å²) in [6.45, 7) is 7.41. The molecule has 0 radical (unpaired) electrons. The minimum atomic E-state index is 0.167. The molecule has 3 aromatic rings. The highest BCUT2D eigenvalue weighted by Crippen LogP contribution is 2.25. The monoisotopic (exact) mass is 346 g/mol. The van der Waals surface area contributed by atoms with Crippen molar-refractivity contribution in [2.45, 2.75) is 32.6 Å². The van der Waals surface area contributed by atoms with Crippen molar-refractivity contribution in [1.82, 2.24) is 9.97 Å². The van der Waals surface area contributed by atoms with Gasteiger partial charge in [0.2, 0.25) is 0 Å². The number of hydrogen-bond acceptors (Lipinski definition) is 4. The Labute approximate surface area is 152 Å². The second kappa shape index (κ2) is 7.42. The summed E-state index contributed by atoms with van der Waals surface area (Å²) in [5.41, 5.74) is 12.8. The second-order valence-corrected chi connectivity index (χ2v) is 7.24. The van der Waals surface area contributed by atoms with E-state index in [1.807, 2.05) is 6.07 Å². The highest BCUT2D eigenvalue weighted by atomic mass is 15.1. The number of aromatic nitrogens is 2. The molecule has 6 heteroatoms. The summed E-state index contributed by atoms with van der Waals surface area (Å²) < 4.78 is 0. The molecule has 0 spiro atoms. The lowest BCUT2D eigenvalue weighted by molar-refractivity contribution is 0.590. The highest BCUT2D eigenvalue weighted by molar-refractivity contribution is 5.90. The lowest BCUT2D eigenvalue weighted by Crippen LogP contribution is -2.11. The molecule has 0 amide bonds. The number of hydrogen-bond donors (Lipinski definition) is 1. The van der Waals surface area contributed by atoms with Crippen LogP contribution >= 0.6 is 0 Å². The molecule has 0 fully saturated rings. The van der Waals surface area contributed by atoms with Gasteiger partial charge in [-0.15, -0.1) is 0 Å². The van der Waals surface area contributed by atoms with E-state index in [-0.39, 0.29) is 5.41 Å². The molecule has 0 aliphatic carbocycles. The Morgan fingerprint density at radius 2 is 1.85 bits per heavy atom. The molecule has 0 saturated carbocycles. The van der Waals surface area contributed by atoms with E-state index in [1.54, 1.807) is 12.1 Å². The number of azide groups is 1. The van der Waals surface area contributed by atoms with Crippen LogP contribution < -0.4 is 5.32 Å². The van der Waals surface area contributed by atoms with Gasteiger partial charge in [0.15, 0.2) is 0 Å². The first-order chi connectivity index (χ1) is 12.5. The van der Waals surface area contributed by atoms with E-state index in [0.29, 0.717) is 5.69 Å². The predicted octanol–water partition coefficient (Wildman–Crippen LogP) is 5.52. The van der Waals surface area contributed by atoms with Crippen LogP contribution in [-0.4, -0.2) is 16.5 Å². The third-order valence-corrected chi connectivity index (χ3v) is 4.31. The van der Waals surface area contributed by atoms with Crippen molar-refractivity contribution in [3.05, 3.63) is 70.4 Å². The molecular weight excluding hydrogens is 324 g/mol. The van der Waals surface area contributed by atoms with Gasteiger partial charge in [-0.25, -0.2) is 9.97 Å². The Morgan fingerprint density at radius 1 is 1.08 bits per heavy atom. The Balaban J connectivity index is 1.71. The van der Waals surface area contributed by atoms with Gasteiger partial charge < -0.3 is 5.32 Å². The van der Waals surface area contributed by atoms with Gasteiger partial charge in [-0.05, 0) is 40.6 Å². The van der Waals surface area contributed by atoms with E-state index in [1.165, 1.54) is 17.5 Å². The minimum absolute atomic E-state index is 0.167. The van der Waals surface area contributed by atoms with E-state index in [9.17, 15) is 0 Å². The van der Waals surface area contributed by atoms with Gasteiger partial charge in [-0.2, -0.15) is 0 Å². The SMILES string of the molecule is CC(C)(C)c1ccc(CCNc2ncnc3ccc(N=[N+]=[N-])cc23)cc1. The van der Waals surface area contributed by atoms with Gasteiger partial charge in [-0.1, -0.05) is 56.2 Å². The Bertz CT molecular complexity index is 950. The molecule has 0 saturated heterocycles. The van der Waals surface area contributed by atoms with Crippen molar-refractivity contribution in [3.63, 3.8) is 0 Å². The maximum atomic E-state index is 8.61. The molecule has 0 aliphatic rings. The molecular formula is C20H22N6. The van der Waals surface area contributed by atoms with E-state index >= 15 is 0 Å². The Kier molecular flexibility index (Phi) is 5.05. The van der Waals surface area contributed by atoms with Crippen molar-refractivity contribution < 1.29 is 0 Å². The van der Waals surface area contributed by atoms with Crippen LogP contribution in [0.1, 0.15) is 31.9 Å². The first-order valence-corrected chi connectivity index (χ1v) is 8.60. The number of nitrogens with zero attached hydrogens (tertiary/aromatic N) is 5. The van der Waals surface area contributed by atoms with Crippen LogP contribution in [0.15, 0.2) is 53.9 Å². The van der Waals surface area contributed by atoms with Crippen LogP contribution in [0.3, 0.4) is 0 Å². The van der Waals surface area contributed by atoms with Crippen molar-refractivity contribution in [2.24, 2.45) is 5.11 Å². The third kappa shape index (κ3) is 4.10. The zero-order chi connectivity index (χ0) is 18.6. The summed E-state index contributed by atoms with van der Waals surface area (Å²) in [6, 6.07) is 14.1. The van der Waals surface area contributed by atoms with E-state index in [4.69, 9.17) is 5.53 Å². The van der Waals surface area contributed by atoms with Gasteiger partial charge in [-0.3, -0.25) is 0 Å². The standard InChI is InChI=1S/C20H22N6/c1-20(2,3)15-6-4-14(5-7-15)10-11-22-19-17-12-16(25-26-21)8-9-18(17)23-13-24-19/h4-9,12-13H,10-11H2,1-3H3,(H,22,23,24). The highest BCUT2D eigenvalue weighted by Gasteiger charge is 2.12. The van der Waals surface area contributed by atoms with Crippen LogP contribution in [0.2, 0.25) is 0 Å². The second-order valence-electron chi connectivity index (χ2n) is 7.24. The first kappa shape index (κ1) is 17.7. The lowest BCUT2D eigenvalue weighted by Gasteiger charge is -2.19. The molecule has 0 aliphatic heterocycles. The molecule has 0 atom stereocenters. The molecule has 0 unspecified atom stereocenters. The summed E-state index contributed by atoms with van der Waals surface area (Å²) in [5.74, 6) is 0.747. The van der Waals surface area contributed by atoms with Crippen LogP contribution in [0, 0.1) is 0 Å². The molecule has 0 bridgehead atoms. The smallest absolute Gasteiger partial charge is 0.137 e. The number of anilines is 1. The first-order valence-electron chi connectivity index (χ1n) is 8.60. The number of fused-ring (bicyclic) bond motifs is 1. The van der Waals surface area contributed by atoms with E-state index < -0.39 is 0 Å². The van der Waals surface area contributed by atoms with Crippen LogP contribution in [0.4, 0.5) is 11.5 Å². The molecule has 26 heavy (non-hydrogen) atoms. The number of rotatable bonds is 5. The molecule has 1 N–H and O–H groups in total. The molecule has 6 nitrogen and oxygen atoms in total. The summed E-state index contributed by atoms with van der Waals surface area (Å²) in [6.07, 6.45) is 2.43. The van der Waals surface area contributed by atoms with Gasteiger partial charge in [0.1, 0.15) is 12.1 Å². The minimum Gasteiger partial charge on any atom is -0.369 e. The zero-order valence-electron chi connectivity index (χ0n) is 15.3. The van der Waals surface area contributed by atoms with Gasteiger partial charge in [0, 0.05) is 22.5 Å². The topological polar surface area (TPSA) is 86.6 Å². The van der Waals surface area contributed by atoms with Gasteiger partial charge in [0.05, 0.1) is 5.52 Å².